The number of alkyl carbamates (subject to hydrolysis) is 2. The zero-order valence-electron chi connectivity index (χ0n) is 41.8. The molecule has 2 atom stereocenters. The molecule has 8 N–H and O–H groups in total. The molecule has 0 spiro atoms. The van der Waals surface area contributed by atoms with E-state index in [0.717, 1.165) is 18.5 Å². The number of aryl methyl sites for hydroxylation is 2. The number of hydrogen-bond acceptors (Lipinski definition) is 15. The van der Waals surface area contributed by atoms with E-state index < -0.39 is 35.4 Å². The zero-order valence-corrected chi connectivity index (χ0v) is 41.8. The molecule has 0 aliphatic heterocycles. The predicted molar refractivity (Wildman–Crippen MR) is 271 cm³/mol. The predicted octanol–water partition coefficient (Wildman–Crippen LogP) is 8.07. The van der Waals surface area contributed by atoms with Crippen molar-refractivity contribution in [1.29, 1.82) is 0 Å². The van der Waals surface area contributed by atoms with Crippen molar-refractivity contribution in [2.45, 2.75) is 81.1 Å². The number of anilines is 3. The number of H-pyrrole nitrogens is 2. The summed E-state index contributed by atoms with van der Waals surface area (Å²) in [5.41, 5.74) is 1.82. The molecule has 0 aliphatic rings. The Kier molecular flexibility index (Phi) is 21.6. The lowest BCUT2D eigenvalue weighted by atomic mass is 9.82. The Morgan fingerprint density at radius 1 is 0.634 bits per heavy atom. The van der Waals surface area contributed by atoms with Gasteiger partial charge in [-0.25, -0.2) is 19.2 Å². The quantitative estimate of drug-likeness (QED) is 0.0219. The van der Waals surface area contributed by atoms with Gasteiger partial charge in [-0.1, -0.05) is 41.5 Å². The summed E-state index contributed by atoms with van der Waals surface area (Å²) in [4.78, 5) is 99.5. The number of nitrogens with zero attached hydrogens (tertiary/aromatic N) is 6. The summed E-state index contributed by atoms with van der Waals surface area (Å²) in [6, 6.07) is 15.3. The van der Waals surface area contributed by atoms with Crippen molar-refractivity contribution in [2.24, 2.45) is 38.1 Å². The van der Waals surface area contributed by atoms with E-state index >= 15 is 0 Å². The molecule has 0 bridgehead atoms. The van der Waals surface area contributed by atoms with Crippen LogP contribution in [0.25, 0.3) is 0 Å². The first kappa shape index (κ1) is 55.9. The van der Waals surface area contributed by atoms with Crippen molar-refractivity contribution in [3.05, 3.63) is 97.7 Å². The third-order valence-corrected chi connectivity index (χ3v) is 10.9. The number of urea groups is 2. The molecule has 4 rings (SSSR count). The lowest BCUT2D eigenvalue weighted by Gasteiger charge is -2.29. The molecule has 6 amide bonds. The van der Waals surface area contributed by atoms with Crippen molar-refractivity contribution in [2.75, 3.05) is 68.0 Å². The van der Waals surface area contributed by atoms with E-state index in [1.54, 1.807) is 50.2 Å². The van der Waals surface area contributed by atoms with E-state index in [-0.39, 0.29) is 66.6 Å². The molecular formula is C48H68N14O9. The number of carbonyl (C=O) groups excluding carboxylic acids is 4. The summed E-state index contributed by atoms with van der Waals surface area (Å²) in [7, 11) is 0. The smallest absolute Gasteiger partial charge is 0.407 e. The number of benzene rings is 2. The molecule has 0 saturated heterocycles. The highest BCUT2D eigenvalue weighted by atomic mass is 16.6. The Labute approximate surface area is 412 Å². The molecule has 0 aliphatic carbocycles. The van der Waals surface area contributed by atoms with Gasteiger partial charge in [0.25, 0.3) is 11.1 Å². The monoisotopic (exact) mass is 985 g/mol. The van der Waals surface area contributed by atoms with Gasteiger partial charge in [0.15, 0.2) is 0 Å². The molecule has 2 aromatic heterocycles. The van der Waals surface area contributed by atoms with E-state index in [1.807, 2.05) is 44.7 Å². The second kappa shape index (κ2) is 27.5. The second-order valence-electron chi connectivity index (χ2n) is 19.1. The molecule has 2 unspecified atom stereocenters. The number of carbonyl (C=O) groups is 4. The first-order chi connectivity index (χ1) is 33.6. The maximum Gasteiger partial charge on any atom is 0.407 e. The number of aromatic nitrogens is 4. The third-order valence-electron chi connectivity index (χ3n) is 10.9. The highest BCUT2D eigenvalue weighted by Crippen LogP contribution is 2.28. The largest absolute Gasteiger partial charge is 0.448 e. The molecule has 2 aromatic carbocycles. The summed E-state index contributed by atoms with van der Waals surface area (Å²) >= 11 is 0. The highest BCUT2D eigenvalue weighted by Gasteiger charge is 2.24. The van der Waals surface area contributed by atoms with Crippen LogP contribution in [-0.4, -0.2) is 96.7 Å². The first-order valence-corrected chi connectivity index (χ1v) is 23.4. The molecule has 71 heavy (non-hydrogen) atoms. The second-order valence-corrected chi connectivity index (χ2v) is 19.1. The van der Waals surface area contributed by atoms with Crippen LogP contribution in [0.15, 0.2) is 85.7 Å². The van der Waals surface area contributed by atoms with Gasteiger partial charge >= 0.3 is 24.2 Å². The lowest BCUT2D eigenvalue weighted by Crippen LogP contribution is -2.38. The van der Waals surface area contributed by atoms with Gasteiger partial charge in [0, 0.05) is 55.4 Å². The van der Waals surface area contributed by atoms with Gasteiger partial charge < -0.3 is 45.6 Å². The average molecular weight is 985 g/mol. The minimum atomic E-state index is -0.580. The molecular weight excluding hydrogens is 917 g/mol. The van der Waals surface area contributed by atoms with E-state index in [0.29, 0.717) is 61.8 Å². The number of amides is 6. The van der Waals surface area contributed by atoms with Crippen LogP contribution in [-0.2, 0) is 9.47 Å². The number of rotatable bonds is 26. The Hall–Kier alpha value is -7.72. The van der Waals surface area contributed by atoms with Crippen LogP contribution < -0.4 is 47.9 Å². The summed E-state index contributed by atoms with van der Waals surface area (Å²) in [5, 5.41) is 27.7. The van der Waals surface area contributed by atoms with Crippen LogP contribution in [0.4, 0.5) is 53.8 Å². The lowest BCUT2D eigenvalue weighted by molar-refractivity contribution is 0.136. The number of nitroso groups, excluding NO2 is 1. The summed E-state index contributed by atoms with van der Waals surface area (Å²) in [5.74, 6) is 0.545. The zero-order chi connectivity index (χ0) is 52.0. The maximum absolute atomic E-state index is 12.9. The molecule has 23 nitrogen and oxygen atoms in total. The highest BCUT2D eigenvalue weighted by molar-refractivity contribution is 5.87. The molecule has 23 heteroatoms. The van der Waals surface area contributed by atoms with Gasteiger partial charge in [-0.05, 0) is 116 Å². The fourth-order valence-electron chi connectivity index (χ4n) is 7.70. The summed E-state index contributed by atoms with van der Waals surface area (Å²) in [6.45, 7) is 17.8. The molecule has 384 valence electrons. The van der Waals surface area contributed by atoms with Crippen LogP contribution in [0.3, 0.4) is 0 Å². The van der Waals surface area contributed by atoms with Crippen LogP contribution in [0.2, 0.25) is 0 Å². The third kappa shape index (κ3) is 22.1. The van der Waals surface area contributed by atoms with Crippen molar-refractivity contribution in [3.63, 3.8) is 0 Å². The van der Waals surface area contributed by atoms with E-state index in [4.69, 9.17) is 9.47 Å². The minimum Gasteiger partial charge on any atom is -0.448 e. The molecule has 2 heterocycles. The van der Waals surface area contributed by atoms with Crippen LogP contribution in [0.1, 0.15) is 78.6 Å². The van der Waals surface area contributed by atoms with Crippen LogP contribution >= 0.6 is 0 Å². The fourth-order valence-corrected chi connectivity index (χ4v) is 7.70. The molecule has 4 aromatic rings. The van der Waals surface area contributed by atoms with E-state index in [1.165, 1.54) is 12.1 Å². The molecule has 0 radical (unpaired) electrons. The summed E-state index contributed by atoms with van der Waals surface area (Å²) in [6.07, 6.45) is 1.70. The topological polar surface area (TPSA) is 308 Å². The Bertz CT molecular complexity index is 2410. The number of aromatic amines is 2. The van der Waals surface area contributed by atoms with Crippen molar-refractivity contribution < 1.29 is 28.7 Å². The van der Waals surface area contributed by atoms with Gasteiger partial charge in [-0.15, -0.1) is 4.91 Å². The maximum atomic E-state index is 12.9. The number of nitrogens with one attached hydrogen (secondary N) is 8. The fraction of sp³-hybridized carbons (Fsp3) is 0.500. The Balaban J connectivity index is 1.22. The van der Waals surface area contributed by atoms with Crippen LogP contribution in [0, 0.1) is 41.4 Å². The minimum absolute atomic E-state index is 0.0268. The van der Waals surface area contributed by atoms with Gasteiger partial charge in [0.05, 0.1) is 24.5 Å². The SMILES string of the molecule is Cc1cc(=O)nc(NC(=O)NCCC(C)CC(C)(C)CNC(=O)OCCN(CCOC(=O)NCC(C)(C)CC(C)CCNC(=O)Nc2nc(=O)cc(C)[nH]2)c2ccc(/N=N/c3ccc(N=O)cc3)cc2)[nH]1. The standard InChI is InChI=1S/C48H68N14O9/c1-31(17-19-49-43(65)57-41-53-33(3)25-39(63)55-41)27-47(5,6)29-51-45(67)70-23-21-62(38-15-13-36(14-16-38)60-59-35-9-11-37(61-69)12-10-35)22-24-71-46(68)52-30-48(7,8)28-32(2)18-20-50-44(66)58-42-54-34(4)26-40(64)56-42/h9-16,25-26,31-32H,17-24,27-30H2,1-8H3,(H,51,67)(H,52,68)(H3,49,53,55,57,63,65)(H3,50,54,56,58,64,66)/b60-59+. The average Bonchev–Trinajstić information content (AvgIpc) is 3.28. The normalized spacial score (nSPS) is 12.3. The molecule has 0 saturated carbocycles. The Morgan fingerprint density at radius 3 is 1.42 bits per heavy atom. The van der Waals surface area contributed by atoms with Crippen LogP contribution in [0.5, 0.6) is 0 Å². The first-order valence-electron chi connectivity index (χ1n) is 23.4. The number of hydrogen-bond donors (Lipinski definition) is 8. The van der Waals surface area contributed by atoms with Crippen molar-refractivity contribution in [3.8, 4) is 0 Å². The van der Waals surface area contributed by atoms with E-state index in [2.05, 4.69) is 81.1 Å². The van der Waals surface area contributed by atoms with E-state index in [9.17, 15) is 33.7 Å². The van der Waals surface area contributed by atoms with Crippen molar-refractivity contribution in [1.82, 2.24) is 41.2 Å². The van der Waals surface area contributed by atoms with Gasteiger partial charge in [0.1, 0.15) is 18.9 Å². The molecule has 0 fully saturated rings. The number of azo groups is 1. The summed E-state index contributed by atoms with van der Waals surface area (Å²) < 4.78 is 11.2. The van der Waals surface area contributed by atoms with Crippen molar-refractivity contribution >= 4 is 58.9 Å². The van der Waals surface area contributed by atoms with Gasteiger partial charge in [-0.3, -0.25) is 20.2 Å². The Morgan fingerprint density at radius 2 is 1.03 bits per heavy atom. The number of ether oxygens (including phenoxy) is 2. The van der Waals surface area contributed by atoms with Gasteiger partial charge in [0.2, 0.25) is 11.9 Å². The van der Waals surface area contributed by atoms with Gasteiger partial charge in [-0.2, -0.15) is 20.2 Å².